The maximum Gasteiger partial charge on any atom is 0.136 e. The first-order valence-electron chi connectivity index (χ1n) is 26.8. The van der Waals surface area contributed by atoms with Gasteiger partial charge in [0.1, 0.15) is 11.2 Å². The van der Waals surface area contributed by atoms with Crippen molar-refractivity contribution in [3.8, 4) is 39.1 Å². The molecule has 0 N–H and O–H groups in total. The van der Waals surface area contributed by atoms with E-state index in [0.29, 0.717) is 0 Å². The molecule has 0 saturated carbocycles. The highest BCUT2D eigenvalue weighted by atomic mass is 16.3. The van der Waals surface area contributed by atoms with E-state index in [-0.39, 0.29) is 5.41 Å². The number of para-hydroxylation sites is 2. The van der Waals surface area contributed by atoms with Crippen LogP contribution in [0.1, 0.15) is 47.2 Å². The fourth-order valence-electron chi connectivity index (χ4n) is 13.8. The van der Waals surface area contributed by atoms with Gasteiger partial charge in [0.25, 0.3) is 0 Å². The Labute approximate surface area is 447 Å². The second-order valence-corrected chi connectivity index (χ2v) is 21.6. The number of anilines is 3. The molecular formula is C74H50N2O. The summed E-state index contributed by atoms with van der Waals surface area (Å²) >= 11 is 0. The van der Waals surface area contributed by atoms with E-state index in [4.69, 9.17) is 4.42 Å². The molecule has 362 valence electrons. The normalized spacial score (nSPS) is 13.8. The summed E-state index contributed by atoms with van der Waals surface area (Å²) in [5, 5.41) is 7.13. The monoisotopic (exact) mass is 982 g/mol. The van der Waals surface area contributed by atoms with Crippen LogP contribution in [0.15, 0.2) is 271 Å². The quantitative estimate of drug-likeness (QED) is 0.159. The van der Waals surface area contributed by atoms with E-state index >= 15 is 0 Å². The van der Waals surface area contributed by atoms with Gasteiger partial charge in [-0.3, -0.25) is 0 Å². The molecule has 2 aliphatic carbocycles. The Bertz CT molecular complexity index is 4670. The number of fused-ring (bicyclic) bond motifs is 13. The fourth-order valence-corrected chi connectivity index (χ4v) is 13.8. The predicted octanol–water partition coefficient (Wildman–Crippen LogP) is 19.6. The fraction of sp³-hybridized carbons (Fsp3) is 0.0541. The molecule has 14 aromatic rings. The average Bonchev–Trinajstić information content (AvgIpc) is 4.40. The van der Waals surface area contributed by atoms with Crippen LogP contribution in [-0.4, -0.2) is 4.57 Å². The molecule has 0 atom stereocenters. The van der Waals surface area contributed by atoms with Crippen LogP contribution >= 0.6 is 0 Å². The van der Waals surface area contributed by atoms with E-state index in [9.17, 15) is 0 Å². The molecule has 2 heterocycles. The van der Waals surface area contributed by atoms with Crippen LogP contribution in [0, 0.1) is 0 Å². The molecule has 0 saturated heterocycles. The lowest BCUT2D eigenvalue weighted by atomic mass is 9.67. The van der Waals surface area contributed by atoms with Crippen LogP contribution in [0.3, 0.4) is 0 Å². The number of rotatable bonds is 7. The minimum absolute atomic E-state index is 0.176. The Balaban J connectivity index is 0.923. The zero-order chi connectivity index (χ0) is 51.0. The molecule has 2 aromatic heterocycles. The SMILES string of the molecule is CC1(C)c2ccccc2-c2ccc(N(c3ccc(-c4cc(C5(c6ccccc6)c6ccccc6-c6ccccc65)cc5oc6ccccc6c45)cc3)c3ccc4c5cc6ccccc6cc5n(-c5ccccc5)c4c3)cc21. The Morgan fingerprint density at radius 2 is 0.909 bits per heavy atom. The van der Waals surface area contributed by atoms with Crippen molar-refractivity contribution in [3.05, 3.63) is 300 Å². The molecule has 0 radical (unpaired) electrons. The van der Waals surface area contributed by atoms with Crippen LogP contribution < -0.4 is 4.90 Å². The van der Waals surface area contributed by atoms with Crippen LogP contribution in [-0.2, 0) is 10.8 Å². The summed E-state index contributed by atoms with van der Waals surface area (Å²) in [7, 11) is 0. The zero-order valence-corrected chi connectivity index (χ0v) is 42.7. The summed E-state index contributed by atoms with van der Waals surface area (Å²) in [6.45, 7) is 4.74. The summed E-state index contributed by atoms with van der Waals surface area (Å²) in [5.74, 6) is 0. The second-order valence-electron chi connectivity index (χ2n) is 21.6. The van der Waals surface area contributed by atoms with Crippen molar-refractivity contribution in [1.82, 2.24) is 4.57 Å². The molecule has 0 bridgehead atoms. The predicted molar refractivity (Wildman–Crippen MR) is 321 cm³/mol. The summed E-state index contributed by atoms with van der Waals surface area (Å²) < 4.78 is 9.38. The van der Waals surface area contributed by atoms with Gasteiger partial charge in [-0.1, -0.05) is 202 Å². The molecule has 3 heteroatoms. The molecular weight excluding hydrogens is 933 g/mol. The van der Waals surface area contributed by atoms with Gasteiger partial charge in [0.2, 0.25) is 0 Å². The average molecular weight is 983 g/mol. The van der Waals surface area contributed by atoms with Gasteiger partial charge in [0.05, 0.1) is 16.4 Å². The summed E-state index contributed by atoms with van der Waals surface area (Å²) in [4.78, 5) is 2.46. The van der Waals surface area contributed by atoms with Crippen molar-refractivity contribution in [2.24, 2.45) is 0 Å². The van der Waals surface area contributed by atoms with Gasteiger partial charge in [-0.05, 0) is 156 Å². The Morgan fingerprint density at radius 1 is 0.351 bits per heavy atom. The van der Waals surface area contributed by atoms with Crippen molar-refractivity contribution in [2.75, 3.05) is 4.90 Å². The van der Waals surface area contributed by atoms with Gasteiger partial charge < -0.3 is 13.9 Å². The third kappa shape index (κ3) is 6.26. The lowest BCUT2D eigenvalue weighted by Crippen LogP contribution is -2.28. The Kier molecular flexibility index (Phi) is 9.30. The van der Waals surface area contributed by atoms with Gasteiger partial charge in [0.15, 0.2) is 0 Å². The number of aromatic nitrogens is 1. The van der Waals surface area contributed by atoms with Gasteiger partial charge in [-0.2, -0.15) is 0 Å². The number of hydrogen-bond donors (Lipinski definition) is 0. The highest BCUT2D eigenvalue weighted by Gasteiger charge is 2.46. The highest BCUT2D eigenvalue weighted by Crippen LogP contribution is 2.58. The first-order valence-corrected chi connectivity index (χ1v) is 26.8. The largest absolute Gasteiger partial charge is 0.456 e. The van der Waals surface area contributed by atoms with Crippen LogP contribution in [0.5, 0.6) is 0 Å². The molecule has 12 aromatic carbocycles. The Hall–Kier alpha value is -9.70. The molecule has 0 fully saturated rings. The first-order chi connectivity index (χ1) is 37.9. The van der Waals surface area contributed by atoms with Crippen molar-refractivity contribution in [3.63, 3.8) is 0 Å². The third-order valence-electron chi connectivity index (χ3n) is 17.2. The molecule has 0 spiro atoms. The van der Waals surface area contributed by atoms with Gasteiger partial charge >= 0.3 is 0 Å². The minimum atomic E-state index is -0.596. The van der Waals surface area contributed by atoms with E-state index in [0.717, 1.165) is 61.3 Å². The van der Waals surface area contributed by atoms with Crippen molar-refractivity contribution in [1.29, 1.82) is 0 Å². The lowest BCUT2D eigenvalue weighted by molar-refractivity contribution is 0.660. The number of hydrogen-bond acceptors (Lipinski definition) is 2. The van der Waals surface area contributed by atoms with Crippen molar-refractivity contribution < 1.29 is 4.42 Å². The van der Waals surface area contributed by atoms with E-state index in [1.165, 1.54) is 82.7 Å². The molecule has 0 aliphatic heterocycles. The smallest absolute Gasteiger partial charge is 0.136 e. The molecule has 0 amide bonds. The van der Waals surface area contributed by atoms with Crippen LogP contribution in [0.2, 0.25) is 0 Å². The van der Waals surface area contributed by atoms with E-state index in [2.05, 4.69) is 290 Å². The summed E-state index contributed by atoms with van der Waals surface area (Å²) in [6, 6.07) is 98.9. The van der Waals surface area contributed by atoms with Crippen molar-refractivity contribution >= 4 is 71.6 Å². The second kappa shape index (κ2) is 16.4. The maximum atomic E-state index is 6.94. The van der Waals surface area contributed by atoms with Crippen molar-refractivity contribution in [2.45, 2.75) is 24.7 Å². The minimum Gasteiger partial charge on any atom is -0.456 e. The Morgan fingerprint density at radius 3 is 1.65 bits per heavy atom. The molecule has 77 heavy (non-hydrogen) atoms. The standard InChI is InChI=1S/C74H50N2O/c1-73(2)64-29-15-11-25-56(64)59-39-37-54(45-67(59)73)75(55-38-40-60-63-41-48-19-9-10-20-49(48)42-68(63)76(69(60)46-55)52-23-7-4-8-24-52)53-35-33-47(34-36-53)62-43-51(44-71-72(62)61-28-14-18-32-70(61)77-71)74(50-21-5-3-6-22-50)65-30-16-12-26-57(65)58-27-13-17-31-66(58)74/h3-46H,1-2H3. The summed E-state index contributed by atoms with van der Waals surface area (Å²) in [5.41, 5.74) is 22.7. The van der Waals surface area contributed by atoms with E-state index in [1.54, 1.807) is 0 Å². The van der Waals surface area contributed by atoms with E-state index in [1.807, 2.05) is 0 Å². The topological polar surface area (TPSA) is 21.3 Å². The van der Waals surface area contributed by atoms with Gasteiger partial charge in [-0.25, -0.2) is 0 Å². The van der Waals surface area contributed by atoms with Crippen LogP contribution in [0.4, 0.5) is 17.1 Å². The number of furan rings is 1. The molecule has 0 unspecified atom stereocenters. The number of nitrogens with zero attached hydrogens (tertiary/aromatic N) is 2. The molecule has 3 nitrogen and oxygen atoms in total. The molecule has 16 rings (SSSR count). The lowest BCUT2D eigenvalue weighted by Gasteiger charge is -2.34. The first kappa shape index (κ1) is 43.7. The van der Waals surface area contributed by atoms with Crippen LogP contribution in [0.25, 0.3) is 93.6 Å². The number of benzene rings is 12. The van der Waals surface area contributed by atoms with E-state index < -0.39 is 5.41 Å². The molecule has 2 aliphatic rings. The third-order valence-corrected chi connectivity index (χ3v) is 17.2. The van der Waals surface area contributed by atoms with Gasteiger partial charge in [0, 0.05) is 49.7 Å². The highest BCUT2D eigenvalue weighted by molar-refractivity contribution is 6.15. The van der Waals surface area contributed by atoms with Gasteiger partial charge in [-0.15, -0.1) is 0 Å². The summed E-state index contributed by atoms with van der Waals surface area (Å²) in [6.07, 6.45) is 0. The zero-order valence-electron chi connectivity index (χ0n) is 42.7. The maximum absolute atomic E-state index is 6.94.